The topological polar surface area (TPSA) is 86.0 Å². The molecule has 0 bridgehead atoms. The Kier molecular flexibility index (Phi) is 2.72. The number of anilines is 1. The molecule has 1 aliphatic carbocycles. The Morgan fingerprint density at radius 1 is 1.71 bits per heavy atom. The highest BCUT2D eigenvalue weighted by atomic mass is 16.4. The van der Waals surface area contributed by atoms with Crippen LogP contribution in [-0.4, -0.2) is 21.6 Å². The van der Waals surface area contributed by atoms with E-state index in [4.69, 9.17) is 5.26 Å². The molecule has 1 saturated carbocycles. The molecule has 5 heteroatoms. The number of carboxylic acids is 1. The van der Waals surface area contributed by atoms with E-state index < -0.39 is 11.5 Å². The molecule has 2 rings (SSSR count). The van der Waals surface area contributed by atoms with Crippen LogP contribution < -0.4 is 5.32 Å². The summed E-state index contributed by atoms with van der Waals surface area (Å²) in [7, 11) is 0. The van der Waals surface area contributed by atoms with Gasteiger partial charge in [0, 0.05) is 6.20 Å². The first-order chi connectivity index (χ1) is 8.08. The van der Waals surface area contributed by atoms with Gasteiger partial charge in [-0.2, -0.15) is 5.26 Å². The standard InChI is InChI=1S/C12H13N3O2/c1-12(11(16)17,9-4-5-9)15-10-8(7-13)3-2-6-14-10/h2-3,6,9H,4-5H2,1H3,(H,14,15)(H,16,17). The van der Waals surface area contributed by atoms with Gasteiger partial charge in [-0.3, -0.25) is 0 Å². The number of aromatic nitrogens is 1. The predicted octanol–water partition coefficient (Wildman–Crippen LogP) is 1.62. The van der Waals surface area contributed by atoms with Crippen molar-refractivity contribution in [2.75, 3.05) is 5.32 Å². The van der Waals surface area contributed by atoms with E-state index in [9.17, 15) is 9.90 Å². The van der Waals surface area contributed by atoms with E-state index in [0.717, 1.165) is 12.8 Å². The number of hydrogen-bond donors (Lipinski definition) is 2. The molecule has 0 amide bonds. The highest BCUT2D eigenvalue weighted by Crippen LogP contribution is 2.41. The number of hydrogen-bond acceptors (Lipinski definition) is 4. The van der Waals surface area contributed by atoms with Crippen molar-refractivity contribution >= 4 is 11.8 Å². The highest BCUT2D eigenvalue weighted by molar-refractivity contribution is 5.83. The van der Waals surface area contributed by atoms with E-state index in [-0.39, 0.29) is 5.92 Å². The van der Waals surface area contributed by atoms with E-state index >= 15 is 0 Å². The first-order valence-corrected chi connectivity index (χ1v) is 5.44. The van der Waals surface area contributed by atoms with Gasteiger partial charge in [0.1, 0.15) is 17.4 Å². The van der Waals surface area contributed by atoms with Gasteiger partial charge in [0.05, 0.1) is 5.56 Å². The van der Waals surface area contributed by atoms with E-state index in [0.29, 0.717) is 11.4 Å². The Hall–Kier alpha value is -2.09. The minimum atomic E-state index is -1.04. The SMILES string of the molecule is CC(Nc1ncccc1C#N)(C(=O)O)C1CC1. The molecule has 1 aromatic rings. The molecule has 1 aromatic heterocycles. The summed E-state index contributed by atoms with van der Waals surface area (Å²) in [5.41, 5.74) is -0.680. The van der Waals surface area contributed by atoms with Crippen molar-refractivity contribution in [1.82, 2.24) is 4.98 Å². The van der Waals surface area contributed by atoms with Crippen LogP contribution in [0.3, 0.4) is 0 Å². The zero-order valence-corrected chi connectivity index (χ0v) is 9.47. The van der Waals surface area contributed by atoms with Crippen LogP contribution in [-0.2, 0) is 4.79 Å². The van der Waals surface area contributed by atoms with Crippen LogP contribution >= 0.6 is 0 Å². The second-order valence-electron chi connectivity index (χ2n) is 4.42. The summed E-state index contributed by atoms with van der Waals surface area (Å²) in [5.74, 6) is -0.463. The van der Waals surface area contributed by atoms with Gasteiger partial charge in [-0.25, -0.2) is 9.78 Å². The zero-order valence-electron chi connectivity index (χ0n) is 9.47. The highest BCUT2D eigenvalue weighted by Gasteiger charge is 2.48. The monoisotopic (exact) mass is 231 g/mol. The lowest BCUT2D eigenvalue weighted by molar-refractivity contribution is -0.142. The third kappa shape index (κ3) is 2.07. The number of pyridine rings is 1. The molecule has 1 heterocycles. The van der Waals surface area contributed by atoms with Crippen LogP contribution in [0.5, 0.6) is 0 Å². The molecular weight excluding hydrogens is 218 g/mol. The molecule has 17 heavy (non-hydrogen) atoms. The van der Waals surface area contributed by atoms with Gasteiger partial charge in [-0.1, -0.05) is 0 Å². The molecule has 0 radical (unpaired) electrons. The molecule has 2 N–H and O–H groups in total. The molecule has 0 aromatic carbocycles. The summed E-state index contributed by atoms with van der Waals surface area (Å²) in [6.45, 7) is 1.64. The Morgan fingerprint density at radius 3 is 2.94 bits per heavy atom. The summed E-state index contributed by atoms with van der Waals surface area (Å²) >= 11 is 0. The van der Waals surface area contributed by atoms with Crippen LogP contribution in [0.2, 0.25) is 0 Å². The first-order valence-electron chi connectivity index (χ1n) is 5.44. The Labute approximate surface area is 99.1 Å². The Balaban J connectivity index is 2.30. The van der Waals surface area contributed by atoms with Crippen LogP contribution in [0, 0.1) is 17.2 Å². The van der Waals surface area contributed by atoms with Gasteiger partial charge in [0.25, 0.3) is 0 Å². The number of nitrogens with zero attached hydrogens (tertiary/aromatic N) is 2. The van der Waals surface area contributed by atoms with Gasteiger partial charge < -0.3 is 10.4 Å². The smallest absolute Gasteiger partial charge is 0.329 e. The average Bonchev–Trinajstić information content (AvgIpc) is 3.13. The van der Waals surface area contributed by atoms with Gasteiger partial charge in [-0.15, -0.1) is 0 Å². The number of aliphatic carboxylic acids is 1. The van der Waals surface area contributed by atoms with Crippen LogP contribution in [0.1, 0.15) is 25.3 Å². The molecule has 0 saturated heterocycles. The van der Waals surface area contributed by atoms with Crippen LogP contribution in [0.25, 0.3) is 0 Å². The van der Waals surface area contributed by atoms with Crippen molar-refractivity contribution in [3.8, 4) is 6.07 Å². The number of nitrogens with one attached hydrogen (secondary N) is 1. The Morgan fingerprint density at radius 2 is 2.41 bits per heavy atom. The lowest BCUT2D eigenvalue weighted by Gasteiger charge is -2.27. The number of rotatable bonds is 4. The first kappa shape index (κ1) is 11.4. The van der Waals surface area contributed by atoms with Crippen molar-refractivity contribution < 1.29 is 9.90 Å². The fraction of sp³-hybridized carbons (Fsp3) is 0.417. The maximum Gasteiger partial charge on any atom is 0.329 e. The molecule has 88 valence electrons. The summed E-state index contributed by atoms with van der Waals surface area (Å²) in [5, 5.41) is 21.1. The third-order valence-electron chi connectivity index (χ3n) is 3.14. The lowest BCUT2D eigenvalue weighted by Crippen LogP contribution is -2.46. The van der Waals surface area contributed by atoms with Gasteiger partial charge in [0.2, 0.25) is 0 Å². The minimum absolute atomic E-state index is 0.105. The van der Waals surface area contributed by atoms with Crippen molar-refractivity contribution in [2.24, 2.45) is 5.92 Å². The maximum atomic E-state index is 11.3. The quantitative estimate of drug-likeness (QED) is 0.822. The number of nitriles is 1. The Bertz CT molecular complexity index is 491. The molecule has 1 unspecified atom stereocenters. The number of carbonyl (C=O) groups is 1. The fourth-order valence-electron chi connectivity index (χ4n) is 1.83. The zero-order chi connectivity index (χ0) is 12.5. The largest absolute Gasteiger partial charge is 0.480 e. The van der Waals surface area contributed by atoms with Crippen molar-refractivity contribution in [1.29, 1.82) is 5.26 Å². The summed E-state index contributed by atoms with van der Waals surface area (Å²) in [4.78, 5) is 15.4. The number of carboxylic acid groups (broad SMARTS) is 1. The summed E-state index contributed by atoms with van der Waals surface area (Å²) in [6, 6.07) is 5.27. The molecule has 0 spiro atoms. The van der Waals surface area contributed by atoms with Gasteiger partial charge in [0.15, 0.2) is 0 Å². The summed E-state index contributed by atoms with van der Waals surface area (Å²) in [6.07, 6.45) is 3.33. The third-order valence-corrected chi connectivity index (χ3v) is 3.14. The molecular formula is C12H13N3O2. The van der Waals surface area contributed by atoms with E-state index in [1.54, 1.807) is 25.3 Å². The second kappa shape index (κ2) is 4.06. The normalized spacial score (nSPS) is 17.9. The molecule has 5 nitrogen and oxygen atoms in total. The predicted molar refractivity (Wildman–Crippen MR) is 61.3 cm³/mol. The maximum absolute atomic E-state index is 11.3. The molecule has 0 aliphatic heterocycles. The molecule has 1 fully saturated rings. The second-order valence-corrected chi connectivity index (χ2v) is 4.42. The summed E-state index contributed by atoms with van der Waals surface area (Å²) < 4.78 is 0. The molecule has 1 aliphatic rings. The van der Waals surface area contributed by atoms with Crippen LogP contribution in [0.4, 0.5) is 5.82 Å². The fourth-order valence-corrected chi connectivity index (χ4v) is 1.83. The average molecular weight is 231 g/mol. The minimum Gasteiger partial charge on any atom is -0.480 e. The van der Waals surface area contributed by atoms with Gasteiger partial charge in [-0.05, 0) is 37.8 Å². The lowest BCUT2D eigenvalue weighted by atomic mass is 9.95. The van der Waals surface area contributed by atoms with E-state index in [2.05, 4.69) is 10.3 Å². The van der Waals surface area contributed by atoms with E-state index in [1.807, 2.05) is 6.07 Å². The van der Waals surface area contributed by atoms with Crippen LogP contribution in [0.15, 0.2) is 18.3 Å². The van der Waals surface area contributed by atoms with Crippen molar-refractivity contribution in [3.63, 3.8) is 0 Å². The van der Waals surface area contributed by atoms with E-state index in [1.165, 1.54) is 0 Å². The van der Waals surface area contributed by atoms with Crippen molar-refractivity contribution in [2.45, 2.75) is 25.3 Å². The molecule has 1 atom stereocenters. The van der Waals surface area contributed by atoms with Gasteiger partial charge >= 0.3 is 5.97 Å². The van der Waals surface area contributed by atoms with Crippen molar-refractivity contribution in [3.05, 3.63) is 23.9 Å².